The lowest BCUT2D eigenvalue weighted by Gasteiger charge is -2.35. The van der Waals surface area contributed by atoms with E-state index in [1.54, 1.807) is 38.1 Å². The summed E-state index contributed by atoms with van der Waals surface area (Å²) < 4.78 is 39.2. The molecule has 184 valence electrons. The molecule has 2 amide bonds. The normalized spacial score (nSPS) is 16.6. The van der Waals surface area contributed by atoms with Crippen LogP contribution in [-0.2, 0) is 30.9 Å². The number of hydrogen-bond donors (Lipinski definition) is 2. The fourth-order valence-corrected chi connectivity index (χ4v) is 6.14. The van der Waals surface area contributed by atoms with Gasteiger partial charge in [0.15, 0.2) is 0 Å². The van der Waals surface area contributed by atoms with Crippen LogP contribution in [0.5, 0.6) is 5.75 Å². The molecule has 1 aliphatic rings. The van der Waals surface area contributed by atoms with Crippen LogP contribution in [0, 0.1) is 20.8 Å². The van der Waals surface area contributed by atoms with Crippen LogP contribution >= 0.6 is 0 Å². The third kappa shape index (κ3) is 5.75. The summed E-state index contributed by atoms with van der Waals surface area (Å²) in [6.07, 6.45) is -0.377. The van der Waals surface area contributed by atoms with Gasteiger partial charge in [0, 0.05) is 18.7 Å². The summed E-state index contributed by atoms with van der Waals surface area (Å²) in [5.74, 6) is -1.10. The minimum atomic E-state index is -3.87. The molecule has 2 aromatic rings. The van der Waals surface area contributed by atoms with Gasteiger partial charge in [-0.25, -0.2) is 8.42 Å². The number of hydrogen-bond acceptors (Lipinski definition) is 6. The molecule has 1 heterocycles. The molecule has 10 heteroatoms. The van der Waals surface area contributed by atoms with E-state index in [9.17, 15) is 18.0 Å². The van der Waals surface area contributed by atoms with Crippen molar-refractivity contribution in [2.24, 2.45) is 0 Å². The molecule has 3 rings (SSSR count). The van der Waals surface area contributed by atoms with Crippen molar-refractivity contribution in [3.63, 3.8) is 0 Å². The van der Waals surface area contributed by atoms with E-state index in [1.165, 1.54) is 11.4 Å². The van der Waals surface area contributed by atoms with E-state index in [1.807, 2.05) is 19.1 Å². The molecular formula is C24H31N3O6S. The number of nitrogens with zero attached hydrogens (tertiary/aromatic N) is 1. The zero-order valence-electron chi connectivity index (χ0n) is 19.9. The largest absolute Gasteiger partial charge is 0.496 e. The first-order valence-corrected chi connectivity index (χ1v) is 12.5. The van der Waals surface area contributed by atoms with Crippen molar-refractivity contribution in [3.8, 4) is 5.75 Å². The van der Waals surface area contributed by atoms with E-state index in [0.717, 1.165) is 11.1 Å². The molecule has 1 fully saturated rings. The number of sulfonamides is 1. The molecule has 1 aliphatic heterocycles. The van der Waals surface area contributed by atoms with Gasteiger partial charge >= 0.3 is 11.8 Å². The Kier molecular flexibility index (Phi) is 8.29. The van der Waals surface area contributed by atoms with Crippen LogP contribution in [0.3, 0.4) is 0 Å². The first-order valence-electron chi connectivity index (χ1n) is 11.0. The van der Waals surface area contributed by atoms with Gasteiger partial charge < -0.3 is 20.1 Å². The molecule has 0 saturated carbocycles. The molecular weight excluding hydrogens is 458 g/mol. The van der Waals surface area contributed by atoms with E-state index in [4.69, 9.17) is 9.47 Å². The van der Waals surface area contributed by atoms with E-state index in [2.05, 4.69) is 10.6 Å². The summed E-state index contributed by atoms with van der Waals surface area (Å²) in [6, 6.07) is 10.8. The molecule has 2 aromatic carbocycles. The number of para-hydroxylation sites is 1. The van der Waals surface area contributed by atoms with Gasteiger partial charge in [-0.1, -0.05) is 35.9 Å². The molecule has 9 nitrogen and oxygen atoms in total. The number of amides is 2. The molecule has 0 aromatic heterocycles. The maximum Gasteiger partial charge on any atom is 0.309 e. The Morgan fingerprint density at radius 2 is 1.74 bits per heavy atom. The van der Waals surface area contributed by atoms with Crippen molar-refractivity contribution < 1.29 is 27.5 Å². The van der Waals surface area contributed by atoms with Gasteiger partial charge in [0.05, 0.1) is 25.2 Å². The number of aryl methyl sites for hydroxylation is 3. The van der Waals surface area contributed by atoms with Crippen molar-refractivity contribution in [1.29, 1.82) is 0 Å². The van der Waals surface area contributed by atoms with Gasteiger partial charge in [0.1, 0.15) is 12.0 Å². The second kappa shape index (κ2) is 11.0. The first kappa shape index (κ1) is 25.7. The zero-order chi connectivity index (χ0) is 24.9. The van der Waals surface area contributed by atoms with Crippen LogP contribution in [0.4, 0.5) is 0 Å². The molecule has 1 atom stereocenters. The third-order valence-electron chi connectivity index (χ3n) is 5.60. The van der Waals surface area contributed by atoms with E-state index in [0.29, 0.717) is 29.9 Å². The number of benzene rings is 2. The Morgan fingerprint density at radius 1 is 1.09 bits per heavy atom. The average Bonchev–Trinajstić information content (AvgIpc) is 2.80. The lowest BCUT2D eigenvalue weighted by Crippen LogP contribution is -2.53. The first-order chi connectivity index (χ1) is 16.1. The van der Waals surface area contributed by atoms with Crippen LogP contribution in [0.2, 0.25) is 0 Å². The monoisotopic (exact) mass is 489 g/mol. The Hall–Kier alpha value is -2.95. The summed E-state index contributed by atoms with van der Waals surface area (Å²) in [6.45, 7) is 6.03. The molecule has 1 saturated heterocycles. The van der Waals surface area contributed by atoms with Crippen LogP contribution in [0.1, 0.15) is 28.7 Å². The van der Waals surface area contributed by atoms with Crippen LogP contribution in [0.25, 0.3) is 0 Å². The maximum atomic E-state index is 13.5. The summed E-state index contributed by atoms with van der Waals surface area (Å²) in [5, 5.41) is 5.04. The Bertz CT molecular complexity index is 1140. The number of nitrogens with one attached hydrogen (secondary N) is 2. The van der Waals surface area contributed by atoms with Gasteiger partial charge in [-0.15, -0.1) is 0 Å². The van der Waals surface area contributed by atoms with Crippen molar-refractivity contribution >= 4 is 21.8 Å². The van der Waals surface area contributed by atoms with Crippen molar-refractivity contribution in [2.75, 3.05) is 26.8 Å². The van der Waals surface area contributed by atoms with E-state index in [-0.39, 0.29) is 24.5 Å². The molecule has 0 bridgehead atoms. The quantitative estimate of drug-likeness (QED) is 0.574. The van der Waals surface area contributed by atoms with Gasteiger partial charge in [-0.3, -0.25) is 9.59 Å². The summed E-state index contributed by atoms with van der Waals surface area (Å²) in [4.78, 5) is 24.9. The highest BCUT2D eigenvalue weighted by atomic mass is 32.2. The van der Waals surface area contributed by atoms with Gasteiger partial charge in [0.25, 0.3) is 0 Å². The number of carbonyl (C=O) groups is 2. The predicted molar refractivity (Wildman–Crippen MR) is 127 cm³/mol. The minimum absolute atomic E-state index is 0.114. The van der Waals surface area contributed by atoms with Crippen LogP contribution < -0.4 is 15.4 Å². The lowest BCUT2D eigenvalue weighted by atomic mass is 10.1. The summed E-state index contributed by atoms with van der Waals surface area (Å²) >= 11 is 0. The number of ether oxygens (including phenoxy) is 2. The summed E-state index contributed by atoms with van der Waals surface area (Å²) in [5.41, 5.74) is 3.01. The number of carbonyl (C=O) groups excluding carboxylic acids is 2. The average molecular weight is 490 g/mol. The minimum Gasteiger partial charge on any atom is -0.496 e. The maximum absolute atomic E-state index is 13.5. The summed E-state index contributed by atoms with van der Waals surface area (Å²) in [7, 11) is -2.34. The lowest BCUT2D eigenvalue weighted by molar-refractivity contribution is -0.140. The molecule has 0 spiro atoms. The van der Waals surface area contributed by atoms with Gasteiger partial charge in [-0.05, 0) is 44.4 Å². The molecule has 2 N–H and O–H groups in total. The fourth-order valence-electron chi connectivity index (χ4n) is 4.16. The molecule has 34 heavy (non-hydrogen) atoms. The Balaban J connectivity index is 1.66. The highest BCUT2D eigenvalue weighted by molar-refractivity contribution is 7.89. The fraction of sp³-hybridized carbons (Fsp3) is 0.417. The highest BCUT2D eigenvalue weighted by Gasteiger charge is 2.36. The number of methoxy groups -OCH3 is 1. The SMILES string of the molecule is COc1ccccc1CNC(=O)C(=O)NCC1OCCCN1S(=O)(=O)c1c(C)cc(C)cc1C. The van der Waals surface area contributed by atoms with E-state index >= 15 is 0 Å². The third-order valence-corrected chi connectivity index (χ3v) is 7.80. The standard InChI is InChI=1S/C24H31N3O6S/c1-16-12-17(2)22(18(3)13-16)34(30,31)27-10-7-11-33-21(27)15-26-24(29)23(28)25-14-19-8-5-6-9-20(19)32-4/h5-6,8-9,12-13,21H,7,10-11,14-15H2,1-4H3,(H,25,28)(H,26,29). The second-order valence-electron chi connectivity index (χ2n) is 8.23. The second-order valence-corrected chi connectivity index (χ2v) is 10.1. The van der Waals surface area contributed by atoms with Gasteiger partial charge in [0.2, 0.25) is 10.0 Å². The highest BCUT2D eigenvalue weighted by Crippen LogP contribution is 2.28. The number of rotatable bonds is 7. The molecule has 0 radical (unpaired) electrons. The molecule has 1 unspecified atom stereocenters. The Labute approximate surface area is 200 Å². The van der Waals surface area contributed by atoms with Crippen LogP contribution in [-0.4, -0.2) is 57.6 Å². The zero-order valence-corrected chi connectivity index (χ0v) is 20.7. The smallest absolute Gasteiger partial charge is 0.309 e. The Morgan fingerprint density at radius 3 is 2.41 bits per heavy atom. The van der Waals surface area contributed by atoms with Crippen LogP contribution in [0.15, 0.2) is 41.3 Å². The molecule has 0 aliphatic carbocycles. The van der Waals surface area contributed by atoms with E-state index < -0.39 is 28.1 Å². The topological polar surface area (TPSA) is 114 Å². The van der Waals surface area contributed by atoms with Crippen molar-refractivity contribution in [3.05, 3.63) is 58.7 Å². The van der Waals surface area contributed by atoms with Gasteiger partial charge in [-0.2, -0.15) is 4.31 Å². The predicted octanol–water partition coefficient (Wildman–Crippen LogP) is 1.79. The van der Waals surface area contributed by atoms with Crippen molar-refractivity contribution in [2.45, 2.75) is 44.9 Å². The van der Waals surface area contributed by atoms with Crippen molar-refractivity contribution in [1.82, 2.24) is 14.9 Å².